The molecule has 0 N–H and O–H groups in total. The van der Waals surface area contributed by atoms with E-state index in [1.165, 1.54) is 4.90 Å². The third-order valence-corrected chi connectivity index (χ3v) is 6.38. The molecule has 0 bridgehead atoms. The zero-order valence-electron chi connectivity index (χ0n) is 18.5. The van der Waals surface area contributed by atoms with E-state index in [-0.39, 0.29) is 11.9 Å². The number of carbonyl (C=O) groups excluding carboxylic acids is 2. The molecule has 2 heterocycles. The zero-order chi connectivity index (χ0) is 21.2. The van der Waals surface area contributed by atoms with Crippen molar-refractivity contribution < 1.29 is 14.3 Å². The number of likely N-dealkylation sites (tertiary alicyclic amines) is 1. The van der Waals surface area contributed by atoms with Crippen molar-refractivity contribution in [1.82, 2.24) is 14.7 Å². The molecule has 160 valence electrons. The Hall–Kier alpha value is -2.08. The molecule has 1 aromatic carbocycles. The van der Waals surface area contributed by atoms with Crippen LogP contribution in [-0.4, -0.2) is 65.0 Å². The Morgan fingerprint density at radius 3 is 2.38 bits per heavy atom. The van der Waals surface area contributed by atoms with Crippen LogP contribution in [-0.2, 0) is 11.3 Å². The van der Waals surface area contributed by atoms with Gasteiger partial charge in [0, 0.05) is 25.7 Å². The SMILES string of the molecule is COc1cccc(CN2C(=O)N(CCC(C)C)C3(CCN(C(C)C)CC3)C2=O)c1. The predicted molar refractivity (Wildman–Crippen MR) is 114 cm³/mol. The highest BCUT2D eigenvalue weighted by Gasteiger charge is 2.57. The molecule has 0 saturated carbocycles. The molecule has 6 heteroatoms. The van der Waals surface area contributed by atoms with Crippen molar-refractivity contribution in [3.63, 3.8) is 0 Å². The van der Waals surface area contributed by atoms with Gasteiger partial charge in [0.2, 0.25) is 0 Å². The lowest BCUT2D eigenvalue weighted by molar-refractivity contribution is -0.136. The molecule has 6 nitrogen and oxygen atoms in total. The third-order valence-electron chi connectivity index (χ3n) is 6.38. The summed E-state index contributed by atoms with van der Waals surface area (Å²) in [6.07, 6.45) is 2.33. The summed E-state index contributed by atoms with van der Waals surface area (Å²) in [5.74, 6) is 1.19. The van der Waals surface area contributed by atoms with Gasteiger partial charge < -0.3 is 14.5 Å². The number of methoxy groups -OCH3 is 1. The number of benzene rings is 1. The topological polar surface area (TPSA) is 53.1 Å². The van der Waals surface area contributed by atoms with E-state index in [2.05, 4.69) is 32.6 Å². The summed E-state index contributed by atoms with van der Waals surface area (Å²) in [5, 5.41) is 0. The van der Waals surface area contributed by atoms with E-state index in [0.29, 0.717) is 37.9 Å². The summed E-state index contributed by atoms with van der Waals surface area (Å²) >= 11 is 0. The highest BCUT2D eigenvalue weighted by Crippen LogP contribution is 2.39. The third kappa shape index (κ3) is 4.27. The Bertz CT molecular complexity index is 739. The lowest BCUT2D eigenvalue weighted by Crippen LogP contribution is -2.57. The number of amides is 3. The van der Waals surface area contributed by atoms with Gasteiger partial charge in [0.25, 0.3) is 5.91 Å². The maximum absolute atomic E-state index is 13.6. The molecule has 2 fully saturated rings. The van der Waals surface area contributed by atoms with Crippen LogP contribution in [0.5, 0.6) is 5.75 Å². The fourth-order valence-corrected chi connectivity index (χ4v) is 4.47. The smallest absolute Gasteiger partial charge is 0.327 e. The summed E-state index contributed by atoms with van der Waals surface area (Å²) in [4.78, 5) is 32.7. The summed E-state index contributed by atoms with van der Waals surface area (Å²) in [6, 6.07) is 7.91. The second-order valence-corrected chi connectivity index (χ2v) is 9.02. The second kappa shape index (κ2) is 8.74. The van der Waals surface area contributed by atoms with Gasteiger partial charge in [0.15, 0.2) is 0 Å². The summed E-state index contributed by atoms with van der Waals surface area (Å²) < 4.78 is 5.30. The molecule has 2 aliphatic heterocycles. The summed E-state index contributed by atoms with van der Waals surface area (Å²) in [7, 11) is 1.62. The van der Waals surface area contributed by atoms with E-state index in [9.17, 15) is 9.59 Å². The lowest BCUT2D eigenvalue weighted by Gasteiger charge is -2.43. The van der Waals surface area contributed by atoms with Crippen molar-refractivity contribution in [2.24, 2.45) is 5.92 Å². The molecule has 0 aliphatic carbocycles. The van der Waals surface area contributed by atoms with E-state index in [1.54, 1.807) is 7.11 Å². The molecule has 0 unspecified atom stereocenters. The average molecular weight is 402 g/mol. The number of hydrogen-bond donors (Lipinski definition) is 0. The molecule has 1 spiro atoms. The Morgan fingerprint density at radius 2 is 1.79 bits per heavy atom. The normalized spacial score (nSPS) is 19.8. The van der Waals surface area contributed by atoms with Crippen molar-refractivity contribution in [1.29, 1.82) is 0 Å². The van der Waals surface area contributed by atoms with Crippen LogP contribution in [0.1, 0.15) is 52.5 Å². The number of piperidine rings is 1. The van der Waals surface area contributed by atoms with Crippen molar-refractivity contribution in [3.8, 4) is 5.75 Å². The first-order chi connectivity index (χ1) is 13.8. The first-order valence-electron chi connectivity index (χ1n) is 10.8. The highest BCUT2D eigenvalue weighted by molar-refractivity contribution is 6.07. The van der Waals surface area contributed by atoms with Crippen molar-refractivity contribution in [3.05, 3.63) is 29.8 Å². The molecule has 0 aromatic heterocycles. The van der Waals surface area contributed by atoms with Crippen LogP contribution < -0.4 is 4.74 Å². The minimum Gasteiger partial charge on any atom is -0.497 e. The van der Waals surface area contributed by atoms with Crippen LogP contribution >= 0.6 is 0 Å². The van der Waals surface area contributed by atoms with E-state index in [1.807, 2.05) is 29.2 Å². The number of imide groups is 1. The van der Waals surface area contributed by atoms with Gasteiger partial charge in [-0.3, -0.25) is 9.69 Å². The monoisotopic (exact) mass is 401 g/mol. The lowest BCUT2D eigenvalue weighted by atomic mass is 9.85. The first kappa shape index (κ1) is 21.6. The van der Waals surface area contributed by atoms with E-state index in [0.717, 1.165) is 30.8 Å². The van der Waals surface area contributed by atoms with Gasteiger partial charge in [-0.15, -0.1) is 0 Å². The van der Waals surface area contributed by atoms with Crippen LogP contribution in [0, 0.1) is 5.92 Å². The van der Waals surface area contributed by atoms with E-state index >= 15 is 0 Å². The quantitative estimate of drug-likeness (QED) is 0.653. The minimum absolute atomic E-state index is 0.0301. The second-order valence-electron chi connectivity index (χ2n) is 9.02. The van der Waals surface area contributed by atoms with Crippen LogP contribution in [0.3, 0.4) is 0 Å². The minimum atomic E-state index is -0.684. The highest BCUT2D eigenvalue weighted by atomic mass is 16.5. The largest absolute Gasteiger partial charge is 0.497 e. The summed E-state index contributed by atoms with van der Waals surface area (Å²) in [6.45, 7) is 11.3. The number of ether oxygens (including phenoxy) is 1. The molecule has 2 aliphatic rings. The van der Waals surface area contributed by atoms with Gasteiger partial charge in [-0.2, -0.15) is 0 Å². The molecule has 0 atom stereocenters. The van der Waals surface area contributed by atoms with E-state index < -0.39 is 5.54 Å². The zero-order valence-corrected chi connectivity index (χ0v) is 18.5. The van der Waals surface area contributed by atoms with Gasteiger partial charge in [-0.25, -0.2) is 4.79 Å². The maximum Gasteiger partial charge on any atom is 0.327 e. The van der Waals surface area contributed by atoms with Gasteiger partial charge >= 0.3 is 6.03 Å². The Morgan fingerprint density at radius 1 is 1.10 bits per heavy atom. The molecule has 1 aromatic rings. The molecule has 2 saturated heterocycles. The van der Waals surface area contributed by atoms with Gasteiger partial charge in [0.05, 0.1) is 13.7 Å². The molecular formula is C23H35N3O3. The Kier molecular flexibility index (Phi) is 6.52. The molecule has 29 heavy (non-hydrogen) atoms. The Labute approximate surface area is 174 Å². The van der Waals surface area contributed by atoms with Gasteiger partial charge in [-0.1, -0.05) is 26.0 Å². The van der Waals surface area contributed by atoms with Crippen LogP contribution in [0.2, 0.25) is 0 Å². The standard InChI is InChI=1S/C23H35N3O3/c1-17(2)9-12-26-22(28)25(16-19-7-6-8-20(15-19)29-5)21(27)23(26)10-13-24(14-11-23)18(3)4/h6-8,15,17-18H,9-14,16H2,1-5H3. The average Bonchev–Trinajstić information content (AvgIpc) is 2.88. The summed E-state index contributed by atoms with van der Waals surface area (Å²) in [5.41, 5.74) is 0.225. The van der Waals surface area contributed by atoms with Gasteiger partial charge in [0.1, 0.15) is 11.3 Å². The fraction of sp³-hybridized carbons (Fsp3) is 0.652. The number of carbonyl (C=O) groups is 2. The number of rotatable bonds is 7. The molecular weight excluding hydrogens is 366 g/mol. The number of urea groups is 1. The predicted octanol–water partition coefficient (Wildman–Crippen LogP) is 3.75. The van der Waals surface area contributed by atoms with Crippen LogP contribution in [0.4, 0.5) is 4.79 Å². The number of hydrogen-bond acceptors (Lipinski definition) is 4. The van der Waals surface area contributed by atoms with Crippen molar-refractivity contribution in [2.75, 3.05) is 26.7 Å². The van der Waals surface area contributed by atoms with Crippen molar-refractivity contribution in [2.45, 2.75) is 65.1 Å². The van der Waals surface area contributed by atoms with Crippen LogP contribution in [0.15, 0.2) is 24.3 Å². The maximum atomic E-state index is 13.6. The van der Waals surface area contributed by atoms with Crippen molar-refractivity contribution >= 4 is 11.9 Å². The van der Waals surface area contributed by atoms with E-state index in [4.69, 9.17) is 4.74 Å². The molecule has 3 amide bonds. The number of nitrogens with zero attached hydrogens (tertiary/aromatic N) is 3. The molecule has 0 radical (unpaired) electrons. The first-order valence-corrected chi connectivity index (χ1v) is 10.8. The Balaban J connectivity index is 1.85. The van der Waals surface area contributed by atoms with Crippen LogP contribution in [0.25, 0.3) is 0 Å². The van der Waals surface area contributed by atoms with Gasteiger partial charge in [-0.05, 0) is 56.7 Å². The fourth-order valence-electron chi connectivity index (χ4n) is 4.47. The molecule has 3 rings (SSSR count).